The average molecular weight is 510 g/mol. The normalized spacial score (nSPS) is 15.3. The van der Waals surface area contributed by atoms with E-state index >= 15 is 0 Å². The quantitative estimate of drug-likeness (QED) is 0.436. The Labute approximate surface area is 200 Å². The van der Waals surface area contributed by atoms with Crippen LogP contribution in [0.3, 0.4) is 0 Å². The van der Waals surface area contributed by atoms with E-state index in [2.05, 4.69) is 26.8 Å². The monoisotopic (exact) mass is 509 g/mol. The second kappa shape index (κ2) is 10.4. The number of hydrazine groups is 1. The van der Waals surface area contributed by atoms with Gasteiger partial charge in [0.05, 0.1) is 18.7 Å². The lowest BCUT2D eigenvalue weighted by atomic mass is 10.1. The largest absolute Gasteiger partial charge is 0.493 e. The molecule has 0 aliphatic carbocycles. The van der Waals surface area contributed by atoms with Crippen LogP contribution >= 0.6 is 15.9 Å². The highest BCUT2D eigenvalue weighted by Crippen LogP contribution is 2.35. The standard InChI is InChI=1S/C25H24BrN3O4/c1-32-22-9-5-8-21(24(22)33-16-17-10-12-19(26)13-11-17)27-28-25(31)18-14-23(30)29(15-18)20-6-3-2-4-7-20/h2-13,18,27H,14-16H2,1H3,(H,28,31)/t18-/m0/s1. The summed E-state index contributed by atoms with van der Waals surface area (Å²) >= 11 is 3.42. The number of nitrogens with one attached hydrogen (secondary N) is 2. The number of anilines is 2. The van der Waals surface area contributed by atoms with E-state index < -0.39 is 5.92 Å². The van der Waals surface area contributed by atoms with E-state index in [4.69, 9.17) is 9.47 Å². The molecule has 7 nitrogen and oxygen atoms in total. The first kappa shape index (κ1) is 22.7. The third kappa shape index (κ3) is 5.46. The summed E-state index contributed by atoms with van der Waals surface area (Å²) in [5.74, 6) is 0.238. The lowest BCUT2D eigenvalue weighted by Gasteiger charge is -2.18. The fourth-order valence-corrected chi connectivity index (χ4v) is 3.90. The molecule has 3 aromatic carbocycles. The molecule has 0 radical (unpaired) electrons. The van der Waals surface area contributed by atoms with Crippen molar-refractivity contribution in [3.8, 4) is 11.5 Å². The Morgan fingerprint density at radius 2 is 1.82 bits per heavy atom. The van der Waals surface area contributed by atoms with Gasteiger partial charge in [0, 0.05) is 23.1 Å². The van der Waals surface area contributed by atoms with Crippen molar-refractivity contribution in [3.05, 3.63) is 82.8 Å². The van der Waals surface area contributed by atoms with E-state index in [-0.39, 0.29) is 18.2 Å². The van der Waals surface area contributed by atoms with Crippen molar-refractivity contribution in [2.75, 3.05) is 24.0 Å². The number of methoxy groups -OCH3 is 1. The van der Waals surface area contributed by atoms with E-state index in [0.717, 1.165) is 15.7 Å². The summed E-state index contributed by atoms with van der Waals surface area (Å²) in [7, 11) is 1.56. The molecule has 1 aliphatic heterocycles. The van der Waals surface area contributed by atoms with Crippen molar-refractivity contribution >= 4 is 39.1 Å². The number of halogens is 1. The first-order valence-electron chi connectivity index (χ1n) is 10.5. The van der Waals surface area contributed by atoms with Gasteiger partial charge in [0.2, 0.25) is 11.8 Å². The summed E-state index contributed by atoms with van der Waals surface area (Å²) in [6.45, 7) is 0.667. The van der Waals surface area contributed by atoms with Crippen LogP contribution < -0.4 is 25.2 Å². The van der Waals surface area contributed by atoms with Crippen LogP contribution in [0.1, 0.15) is 12.0 Å². The molecule has 1 saturated heterocycles. The predicted octanol–water partition coefficient (Wildman–Crippen LogP) is 4.53. The molecule has 0 aromatic heterocycles. The van der Waals surface area contributed by atoms with Gasteiger partial charge in [-0.3, -0.25) is 20.4 Å². The van der Waals surface area contributed by atoms with Gasteiger partial charge in [0.25, 0.3) is 0 Å². The topological polar surface area (TPSA) is 79.9 Å². The van der Waals surface area contributed by atoms with Gasteiger partial charge in [-0.25, -0.2) is 0 Å². The van der Waals surface area contributed by atoms with Crippen LogP contribution in [0, 0.1) is 5.92 Å². The summed E-state index contributed by atoms with van der Waals surface area (Å²) < 4.78 is 12.4. The number of nitrogens with zero attached hydrogens (tertiary/aromatic N) is 1. The summed E-state index contributed by atoms with van der Waals surface area (Å²) in [6, 6.07) is 22.6. The highest BCUT2D eigenvalue weighted by molar-refractivity contribution is 9.10. The maximum absolute atomic E-state index is 12.8. The Bertz CT molecular complexity index is 1120. The Balaban J connectivity index is 1.41. The van der Waals surface area contributed by atoms with Crippen molar-refractivity contribution in [1.29, 1.82) is 0 Å². The van der Waals surface area contributed by atoms with Crippen LogP contribution in [-0.4, -0.2) is 25.5 Å². The lowest BCUT2D eigenvalue weighted by Crippen LogP contribution is -2.36. The van der Waals surface area contributed by atoms with Gasteiger partial charge in [-0.15, -0.1) is 0 Å². The molecule has 0 saturated carbocycles. The van der Waals surface area contributed by atoms with E-state index in [9.17, 15) is 9.59 Å². The highest BCUT2D eigenvalue weighted by Gasteiger charge is 2.35. The van der Waals surface area contributed by atoms with Crippen molar-refractivity contribution in [1.82, 2.24) is 5.43 Å². The third-order valence-corrected chi connectivity index (χ3v) is 5.91. The average Bonchev–Trinajstić information content (AvgIpc) is 3.24. The van der Waals surface area contributed by atoms with Crippen LogP contribution in [0.15, 0.2) is 77.3 Å². The second-order valence-electron chi connectivity index (χ2n) is 7.61. The van der Waals surface area contributed by atoms with Crippen molar-refractivity contribution in [2.45, 2.75) is 13.0 Å². The van der Waals surface area contributed by atoms with E-state index in [0.29, 0.717) is 30.3 Å². The molecule has 1 aliphatic rings. The maximum atomic E-state index is 12.8. The molecule has 1 fully saturated rings. The number of amides is 2. The second-order valence-corrected chi connectivity index (χ2v) is 8.52. The van der Waals surface area contributed by atoms with Crippen molar-refractivity contribution in [2.24, 2.45) is 5.92 Å². The van der Waals surface area contributed by atoms with E-state index in [1.54, 1.807) is 30.2 Å². The van der Waals surface area contributed by atoms with Gasteiger partial charge in [0.15, 0.2) is 11.5 Å². The molecule has 8 heteroatoms. The number of carbonyl (C=O) groups is 2. The van der Waals surface area contributed by atoms with Crippen LogP contribution in [0.2, 0.25) is 0 Å². The number of hydrogen-bond acceptors (Lipinski definition) is 5. The smallest absolute Gasteiger partial charge is 0.243 e. The first-order chi connectivity index (χ1) is 16.0. The SMILES string of the molecule is COc1cccc(NNC(=O)[C@H]2CC(=O)N(c3ccccc3)C2)c1OCc1ccc(Br)cc1. The molecule has 1 heterocycles. The molecule has 4 rings (SSSR count). The van der Waals surface area contributed by atoms with Gasteiger partial charge in [0.1, 0.15) is 6.61 Å². The van der Waals surface area contributed by atoms with Gasteiger partial charge in [-0.2, -0.15) is 0 Å². The fraction of sp³-hybridized carbons (Fsp3) is 0.200. The predicted molar refractivity (Wildman–Crippen MR) is 130 cm³/mol. The zero-order valence-corrected chi connectivity index (χ0v) is 19.7. The minimum Gasteiger partial charge on any atom is -0.493 e. The summed E-state index contributed by atoms with van der Waals surface area (Å²) in [6.07, 6.45) is 0.160. The highest BCUT2D eigenvalue weighted by atomic mass is 79.9. The Morgan fingerprint density at radius 3 is 2.55 bits per heavy atom. The molecule has 1 atom stereocenters. The molecule has 2 N–H and O–H groups in total. The molecular formula is C25H24BrN3O4. The molecule has 0 unspecified atom stereocenters. The maximum Gasteiger partial charge on any atom is 0.243 e. The van der Waals surface area contributed by atoms with Gasteiger partial charge >= 0.3 is 0 Å². The zero-order valence-electron chi connectivity index (χ0n) is 18.1. The summed E-state index contributed by atoms with van der Waals surface area (Å²) in [5.41, 5.74) is 8.00. The van der Waals surface area contributed by atoms with Gasteiger partial charge in [-0.05, 0) is 42.0 Å². The molecule has 170 valence electrons. The molecule has 33 heavy (non-hydrogen) atoms. The number of ether oxygens (including phenoxy) is 2. The number of para-hydroxylation sites is 2. The van der Waals surface area contributed by atoms with Crippen LogP contribution in [0.4, 0.5) is 11.4 Å². The molecular weight excluding hydrogens is 486 g/mol. The molecule has 3 aromatic rings. The first-order valence-corrected chi connectivity index (χ1v) is 11.3. The number of hydrogen-bond donors (Lipinski definition) is 2. The Hall–Kier alpha value is -3.52. The number of benzene rings is 3. The summed E-state index contributed by atoms with van der Waals surface area (Å²) in [5, 5.41) is 0. The third-order valence-electron chi connectivity index (χ3n) is 5.38. The van der Waals surface area contributed by atoms with Crippen LogP contribution in [0.5, 0.6) is 11.5 Å². The minimum absolute atomic E-state index is 0.0683. The van der Waals surface area contributed by atoms with Crippen molar-refractivity contribution in [3.63, 3.8) is 0 Å². The van der Waals surface area contributed by atoms with Gasteiger partial charge in [-0.1, -0.05) is 52.3 Å². The molecule has 2 amide bonds. The summed E-state index contributed by atoms with van der Waals surface area (Å²) in [4.78, 5) is 26.9. The van der Waals surface area contributed by atoms with Crippen LogP contribution in [-0.2, 0) is 16.2 Å². The van der Waals surface area contributed by atoms with Crippen LogP contribution in [0.25, 0.3) is 0 Å². The molecule has 0 bridgehead atoms. The van der Waals surface area contributed by atoms with E-state index in [1.165, 1.54) is 0 Å². The Morgan fingerprint density at radius 1 is 1.06 bits per heavy atom. The van der Waals surface area contributed by atoms with Crippen molar-refractivity contribution < 1.29 is 19.1 Å². The number of carbonyl (C=O) groups excluding carboxylic acids is 2. The lowest BCUT2D eigenvalue weighted by molar-refractivity contribution is -0.125. The minimum atomic E-state index is -0.456. The molecule has 0 spiro atoms. The van der Waals surface area contributed by atoms with E-state index in [1.807, 2.05) is 54.6 Å². The Kier molecular flexibility index (Phi) is 7.14. The van der Waals surface area contributed by atoms with Gasteiger partial charge < -0.3 is 14.4 Å². The number of rotatable bonds is 8. The fourth-order valence-electron chi connectivity index (χ4n) is 3.63. The zero-order chi connectivity index (χ0) is 23.2.